The molecule has 0 unspecified atom stereocenters. The van der Waals surface area contributed by atoms with Gasteiger partial charge in [0.25, 0.3) is 10.0 Å². The lowest BCUT2D eigenvalue weighted by atomic mass is 10.1. The summed E-state index contributed by atoms with van der Waals surface area (Å²) in [6.07, 6.45) is 0.631. The van der Waals surface area contributed by atoms with E-state index in [2.05, 4.69) is 4.72 Å². The first-order valence-corrected chi connectivity index (χ1v) is 7.90. The highest BCUT2D eigenvalue weighted by Crippen LogP contribution is 2.25. The van der Waals surface area contributed by atoms with Gasteiger partial charge in [-0.1, -0.05) is 19.1 Å². The minimum Gasteiger partial charge on any atom is -0.496 e. The average Bonchev–Trinajstić information content (AvgIpc) is 2.48. The molecule has 21 heavy (non-hydrogen) atoms. The molecule has 0 saturated carbocycles. The van der Waals surface area contributed by atoms with Crippen LogP contribution in [0.2, 0.25) is 0 Å². The van der Waals surface area contributed by atoms with Crippen molar-refractivity contribution in [1.82, 2.24) is 0 Å². The third kappa shape index (κ3) is 3.33. The molecule has 0 amide bonds. The van der Waals surface area contributed by atoms with E-state index in [1.54, 1.807) is 12.1 Å². The van der Waals surface area contributed by atoms with Gasteiger partial charge in [0.15, 0.2) is 0 Å². The fraction of sp³-hybridized carbons (Fsp3) is 0.200. The molecule has 0 bridgehead atoms. The van der Waals surface area contributed by atoms with Crippen molar-refractivity contribution in [3.05, 3.63) is 53.8 Å². The molecule has 0 aromatic heterocycles. The van der Waals surface area contributed by atoms with Crippen LogP contribution in [0.25, 0.3) is 0 Å². The lowest BCUT2D eigenvalue weighted by Crippen LogP contribution is -2.14. The van der Waals surface area contributed by atoms with Crippen molar-refractivity contribution < 1.29 is 17.5 Å². The number of para-hydroxylation sites is 1. The predicted molar refractivity (Wildman–Crippen MR) is 79.6 cm³/mol. The number of benzene rings is 2. The average molecular weight is 309 g/mol. The van der Waals surface area contributed by atoms with E-state index in [-0.39, 0.29) is 10.6 Å². The molecule has 0 atom stereocenters. The second-order valence-corrected chi connectivity index (χ2v) is 6.09. The third-order valence-electron chi connectivity index (χ3n) is 3.06. The minimum absolute atomic E-state index is 0.0726. The van der Waals surface area contributed by atoms with Gasteiger partial charge in [0.1, 0.15) is 11.6 Å². The Hall–Kier alpha value is -2.08. The fourth-order valence-electron chi connectivity index (χ4n) is 1.95. The number of methoxy groups -OCH3 is 1. The van der Waals surface area contributed by atoms with Crippen molar-refractivity contribution in [2.75, 3.05) is 11.8 Å². The normalized spacial score (nSPS) is 11.2. The highest BCUT2D eigenvalue weighted by Gasteiger charge is 2.17. The number of ether oxygens (including phenoxy) is 1. The van der Waals surface area contributed by atoms with E-state index in [1.807, 2.05) is 6.92 Å². The predicted octanol–water partition coefficient (Wildman–Crippen LogP) is 3.20. The SMILES string of the molecule is CCc1cc(S(=O)(=O)Nc2ccccc2F)ccc1OC. The van der Waals surface area contributed by atoms with E-state index in [9.17, 15) is 12.8 Å². The van der Waals surface area contributed by atoms with E-state index in [0.29, 0.717) is 12.2 Å². The Balaban J connectivity index is 2.38. The van der Waals surface area contributed by atoms with Crippen LogP contribution in [0.3, 0.4) is 0 Å². The van der Waals surface area contributed by atoms with Gasteiger partial charge in [-0.05, 0) is 42.3 Å². The Morgan fingerprint density at radius 2 is 1.90 bits per heavy atom. The first-order chi connectivity index (χ1) is 9.97. The first kappa shape index (κ1) is 15.3. The van der Waals surface area contributed by atoms with E-state index in [1.165, 1.54) is 37.4 Å². The Morgan fingerprint density at radius 1 is 1.19 bits per heavy atom. The van der Waals surface area contributed by atoms with E-state index in [4.69, 9.17) is 4.74 Å². The zero-order valence-corrected chi connectivity index (χ0v) is 12.6. The summed E-state index contributed by atoms with van der Waals surface area (Å²) in [5, 5.41) is 0. The molecule has 4 nitrogen and oxygen atoms in total. The van der Waals surface area contributed by atoms with Crippen molar-refractivity contribution in [1.29, 1.82) is 0 Å². The minimum atomic E-state index is -3.84. The van der Waals surface area contributed by atoms with Crippen LogP contribution in [-0.4, -0.2) is 15.5 Å². The summed E-state index contributed by atoms with van der Waals surface area (Å²) in [4.78, 5) is 0.0726. The third-order valence-corrected chi connectivity index (χ3v) is 4.42. The topological polar surface area (TPSA) is 55.4 Å². The molecule has 112 valence electrons. The van der Waals surface area contributed by atoms with Crippen molar-refractivity contribution >= 4 is 15.7 Å². The largest absolute Gasteiger partial charge is 0.496 e. The van der Waals surface area contributed by atoms with E-state index in [0.717, 1.165) is 5.56 Å². The van der Waals surface area contributed by atoms with E-state index < -0.39 is 15.8 Å². The summed E-state index contributed by atoms with van der Waals surface area (Å²) in [5.41, 5.74) is 0.695. The van der Waals surface area contributed by atoms with Crippen LogP contribution in [0.4, 0.5) is 10.1 Å². The maximum Gasteiger partial charge on any atom is 0.262 e. The second-order valence-electron chi connectivity index (χ2n) is 4.41. The number of rotatable bonds is 5. The molecule has 0 aliphatic rings. The van der Waals surface area contributed by atoms with Crippen LogP contribution in [0.15, 0.2) is 47.4 Å². The van der Waals surface area contributed by atoms with Gasteiger partial charge in [-0.15, -0.1) is 0 Å². The Morgan fingerprint density at radius 3 is 2.52 bits per heavy atom. The summed E-state index contributed by atoms with van der Waals surface area (Å²) < 4.78 is 45.6. The fourth-order valence-corrected chi connectivity index (χ4v) is 3.06. The molecule has 2 rings (SSSR count). The zero-order chi connectivity index (χ0) is 15.5. The van der Waals surface area contributed by atoms with Crippen LogP contribution in [0.1, 0.15) is 12.5 Å². The summed E-state index contributed by atoms with van der Waals surface area (Å²) in [7, 11) is -2.31. The van der Waals surface area contributed by atoms with Crippen molar-refractivity contribution in [3.8, 4) is 5.75 Å². The molecule has 0 fully saturated rings. The molecule has 6 heteroatoms. The zero-order valence-electron chi connectivity index (χ0n) is 11.8. The van der Waals surface area contributed by atoms with Crippen LogP contribution in [0, 0.1) is 5.82 Å². The molecule has 0 radical (unpaired) electrons. The molecule has 0 heterocycles. The molecule has 2 aromatic carbocycles. The summed E-state index contributed by atoms with van der Waals surface area (Å²) >= 11 is 0. The smallest absolute Gasteiger partial charge is 0.262 e. The monoisotopic (exact) mass is 309 g/mol. The highest BCUT2D eigenvalue weighted by molar-refractivity contribution is 7.92. The molecule has 2 aromatic rings. The van der Waals surface area contributed by atoms with Gasteiger partial charge >= 0.3 is 0 Å². The van der Waals surface area contributed by atoms with Crippen molar-refractivity contribution in [3.63, 3.8) is 0 Å². The number of hydrogen-bond donors (Lipinski definition) is 1. The summed E-state index contributed by atoms with van der Waals surface area (Å²) in [6.45, 7) is 1.90. The molecular formula is C15H16FNO3S. The second kappa shape index (κ2) is 6.13. The molecule has 0 aliphatic heterocycles. The molecule has 0 spiro atoms. The Labute approximate surface area is 123 Å². The molecular weight excluding hydrogens is 293 g/mol. The lowest BCUT2D eigenvalue weighted by Gasteiger charge is -2.12. The van der Waals surface area contributed by atoms with Crippen LogP contribution >= 0.6 is 0 Å². The summed E-state index contributed by atoms with van der Waals surface area (Å²) in [6, 6.07) is 10.2. The Bertz CT molecular complexity index is 744. The van der Waals surface area contributed by atoms with Crippen molar-refractivity contribution in [2.24, 2.45) is 0 Å². The quantitative estimate of drug-likeness (QED) is 0.923. The standard InChI is InChI=1S/C15H16FNO3S/c1-3-11-10-12(8-9-15(11)20-2)21(18,19)17-14-7-5-4-6-13(14)16/h4-10,17H,3H2,1-2H3. The van der Waals surface area contributed by atoms with Gasteiger partial charge in [-0.3, -0.25) is 4.72 Å². The van der Waals surface area contributed by atoms with E-state index >= 15 is 0 Å². The Kier molecular flexibility index (Phi) is 4.47. The molecule has 0 saturated heterocycles. The number of halogens is 1. The van der Waals surface area contributed by atoms with Crippen molar-refractivity contribution in [2.45, 2.75) is 18.2 Å². The number of nitrogens with one attached hydrogen (secondary N) is 1. The van der Waals surface area contributed by atoms with Crippen LogP contribution in [0.5, 0.6) is 5.75 Å². The number of hydrogen-bond acceptors (Lipinski definition) is 3. The van der Waals surface area contributed by atoms with Gasteiger partial charge in [-0.25, -0.2) is 12.8 Å². The van der Waals surface area contributed by atoms with Gasteiger partial charge in [0.05, 0.1) is 17.7 Å². The summed E-state index contributed by atoms with van der Waals surface area (Å²) in [5.74, 6) is 0.00708. The van der Waals surface area contributed by atoms with Crippen LogP contribution in [-0.2, 0) is 16.4 Å². The number of aryl methyl sites for hydroxylation is 1. The maximum atomic E-state index is 13.6. The van der Waals surface area contributed by atoms with Gasteiger partial charge < -0.3 is 4.74 Å². The maximum absolute atomic E-state index is 13.6. The van der Waals surface area contributed by atoms with Crippen LogP contribution < -0.4 is 9.46 Å². The van der Waals surface area contributed by atoms with Gasteiger partial charge in [0, 0.05) is 0 Å². The number of sulfonamides is 1. The van der Waals surface area contributed by atoms with Gasteiger partial charge in [-0.2, -0.15) is 0 Å². The molecule has 0 aliphatic carbocycles. The molecule has 1 N–H and O–H groups in total. The number of anilines is 1. The first-order valence-electron chi connectivity index (χ1n) is 6.42. The highest BCUT2D eigenvalue weighted by atomic mass is 32.2. The lowest BCUT2D eigenvalue weighted by molar-refractivity contribution is 0.409. The van der Waals surface area contributed by atoms with Gasteiger partial charge in [0.2, 0.25) is 0 Å².